The van der Waals surface area contributed by atoms with E-state index in [0.717, 1.165) is 82.4 Å². The maximum absolute atomic E-state index is 7.69. The van der Waals surface area contributed by atoms with Crippen LogP contribution >= 0.6 is 0 Å². The number of aromatic nitrogens is 2. The molecular formula is C49H42N2O2+2. The Kier molecular flexibility index (Phi) is 5.66. The summed E-state index contributed by atoms with van der Waals surface area (Å²) in [4.78, 5) is 0. The number of furan rings is 2. The van der Waals surface area contributed by atoms with Gasteiger partial charge in [-0.2, -0.15) is 0 Å². The van der Waals surface area contributed by atoms with Gasteiger partial charge in [-0.05, 0) is 91.3 Å². The number of hydrogen-bond acceptors (Lipinski definition) is 2. The lowest BCUT2D eigenvalue weighted by molar-refractivity contribution is -0.659. The number of aryl methyl sites for hydroxylation is 7. The van der Waals surface area contributed by atoms with Crippen LogP contribution in [-0.2, 0) is 14.1 Å². The molecular weight excluding hydrogens is 649 g/mol. The summed E-state index contributed by atoms with van der Waals surface area (Å²) < 4.78 is 85.5. The summed E-state index contributed by atoms with van der Waals surface area (Å²) in [5.74, 6) is 0. The average Bonchev–Trinajstić information content (AvgIpc) is 3.77. The van der Waals surface area contributed by atoms with Crippen LogP contribution in [0, 0.1) is 34.4 Å². The van der Waals surface area contributed by atoms with Gasteiger partial charge in [0.15, 0.2) is 12.4 Å². The Labute approximate surface area is 321 Å². The van der Waals surface area contributed by atoms with Gasteiger partial charge in [0.25, 0.3) is 0 Å². The molecule has 0 N–H and O–H groups in total. The third-order valence-electron chi connectivity index (χ3n) is 10.3. The topological polar surface area (TPSA) is 34.0 Å². The lowest BCUT2D eigenvalue weighted by Gasteiger charge is -2.05. The minimum Gasteiger partial charge on any atom is -0.456 e. The van der Waals surface area contributed by atoms with Crippen LogP contribution in [0.2, 0.25) is 0 Å². The predicted molar refractivity (Wildman–Crippen MR) is 219 cm³/mol. The van der Waals surface area contributed by atoms with Crippen molar-refractivity contribution in [3.05, 3.63) is 155 Å². The molecule has 4 nitrogen and oxygen atoms in total. The van der Waals surface area contributed by atoms with Crippen LogP contribution < -0.4 is 9.13 Å². The van der Waals surface area contributed by atoms with E-state index in [1.54, 1.807) is 36.4 Å². The summed E-state index contributed by atoms with van der Waals surface area (Å²) in [5, 5.41) is 7.59. The first kappa shape index (κ1) is 24.1. The largest absolute Gasteiger partial charge is 0.456 e. The Morgan fingerprint density at radius 3 is 1.45 bits per heavy atom. The van der Waals surface area contributed by atoms with Gasteiger partial charge in [0, 0.05) is 34.2 Å². The molecule has 0 spiro atoms. The van der Waals surface area contributed by atoms with Gasteiger partial charge in [0.1, 0.15) is 36.4 Å². The number of rotatable bonds is 2. The molecule has 0 unspecified atom stereocenters. The maximum Gasteiger partial charge on any atom is 0.216 e. The van der Waals surface area contributed by atoms with Crippen molar-refractivity contribution in [3.63, 3.8) is 0 Å². The molecule has 0 saturated heterocycles. The highest BCUT2D eigenvalue weighted by Crippen LogP contribution is 2.37. The van der Waals surface area contributed by atoms with E-state index in [0.29, 0.717) is 22.3 Å². The quantitative estimate of drug-likeness (QED) is 0.168. The van der Waals surface area contributed by atoms with E-state index in [-0.39, 0.29) is 0 Å². The second kappa shape index (κ2) is 12.5. The molecule has 0 fully saturated rings. The highest BCUT2D eigenvalue weighted by atomic mass is 16.3. The zero-order valence-corrected chi connectivity index (χ0v) is 29.8. The predicted octanol–water partition coefficient (Wildman–Crippen LogP) is 12.0. The second-order valence-corrected chi connectivity index (χ2v) is 13.9. The van der Waals surface area contributed by atoms with Crippen molar-refractivity contribution in [3.8, 4) is 22.5 Å². The smallest absolute Gasteiger partial charge is 0.216 e. The molecule has 0 aliphatic carbocycles. The summed E-state index contributed by atoms with van der Waals surface area (Å²) in [7, 11) is 3.99. The van der Waals surface area contributed by atoms with Crippen molar-refractivity contribution in [1.82, 2.24) is 0 Å². The van der Waals surface area contributed by atoms with Gasteiger partial charge in [0.05, 0.1) is 22.9 Å². The first-order valence-electron chi connectivity index (χ1n) is 22.0. The van der Waals surface area contributed by atoms with E-state index in [4.69, 9.17) is 21.2 Å². The summed E-state index contributed by atoms with van der Waals surface area (Å²) in [5.41, 5.74) is 10.2. The van der Waals surface area contributed by atoms with Crippen LogP contribution in [0.15, 0.2) is 136 Å². The summed E-state index contributed by atoms with van der Waals surface area (Å²) in [6.07, 6.45) is 4.10. The Balaban J connectivity index is 0.000000159. The zero-order chi connectivity index (χ0) is 44.0. The first-order chi connectivity index (χ1) is 29.3. The van der Waals surface area contributed by atoms with Crippen LogP contribution in [0.3, 0.4) is 0 Å². The molecule has 0 amide bonds. The molecule has 6 aromatic carbocycles. The summed E-state index contributed by atoms with van der Waals surface area (Å²) in [6, 6.07) is 35.7. The Morgan fingerprint density at radius 2 is 0.943 bits per heavy atom. The van der Waals surface area contributed by atoms with E-state index in [9.17, 15) is 0 Å². The fraction of sp³-hybridized carbons (Fsp3) is 0.143. The maximum atomic E-state index is 7.69. The zero-order valence-electron chi connectivity index (χ0n) is 38.8. The molecule has 53 heavy (non-hydrogen) atoms. The van der Waals surface area contributed by atoms with E-state index < -0.39 is 20.6 Å². The van der Waals surface area contributed by atoms with Crippen molar-refractivity contribution in [2.24, 2.45) is 14.1 Å². The Bertz CT molecular complexity index is 3430. The van der Waals surface area contributed by atoms with Crippen LogP contribution in [-0.4, -0.2) is 0 Å². The number of benzene rings is 6. The molecule has 4 heteroatoms. The number of hydrogen-bond donors (Lipinski definition) is 0. The molecule has 0 atom stereocenters. The van der Waals surface area contributed by atoms with Crippen molar-refractivity contribution in [2.75, 3.05) is 0 Å². The van der Waals surface area contributed by atoms with E-state index in [1.165, 1.54) is 11.1 Å². The lowest BCUT2D eigenvalue weighted by atomic mass is 10.0. The molecule has 4 aromatic heterocycles. The van der Waals surface area contributed by atoms with Gasteiger partial charge in [-0.1, -0.05) is 95.6 Å². The third kappa shape index (κ3) is 5.53. The minimum absolute atomic E-state index is 0.311. The molecule has 0 bridgehead atoms. The summed E-state index contributed by atoms with van der Waals surface area (Å²) in [6.45, 7) is -2.40. The Morgan fingerprint density at radius 1 is 0.453 bits per heavy atom. The third-order valence-corrected chi connectivity index (χ3v) is 10.3. The minimum atomic E-state index is -2.16. The number of pyridine rings is 2. The van der Waals surface area contributed by atoms with Gasteiger partial charge >= 0.3 is 0 Å². The monoisotopic (exact) mass is 699 g/mol. The first-order valence-corrected chi connectivity index (χ1v) is 17.5. The SMILES string of the molecule is [2H]C([2H])([2H])c1ccc(-c2cc3oc4ccc5cc(C([2H])([2H])[2H])ccc5c4c3c[n+]2C)c(C)c1.[2H]C([2H])([2H])c1ccc2c(ccc3oc4cc(-c5ccccc5C)[n+](C)cc4c32)c1. The normalized spacial score (nSPS) is 14.9. The molecule has 0 aliphatic rings. The van der Waals surface area contributed by atoms with E-state index in [2.05, 4.69) is 35.9 Å². The van der Waals surface area contributed by atoms with Crippen LogP contribution in [0.5, 0.6) is 0 Å². The van der Waals surface area contributed by atoms with Crippen molar-refractivity contribution < 1.29 is 30.3 Å². The highest BCUT2D eigenvalue weighted by molar-refractivity contribution is 6.19. The highest BCUT2D eigenvalue weighted by Gasteiger charge is 2.21. The van der Waals surface area contributed by atoms with E-state index >= 15 is 0 Å². The molecule has 10 aromatic rings. The number of nitrogens with zero attached hydrogens (tertiary/aromatic N) is 2. The van der Waals surface area contributed by atoms with Crippen molar-refractivity contribution in [2.45, 2.75) is 34.4 Å². The second-order valence-electron chi connectivity index (χ2n) is 13.9. The average molecular weight is 700 g/mol. The number of fused-ring (bicyclic) bond motifs is 10. The molecule has 0 saturated carbocycles. The van der Waals surface area contributed by atoms with Gasteiger partial charge in [-0.25, -0.2) is 9.13 Å². The van der Waals surface area contributed by atoms with Crippen LogP contribution in [0.1, 0.15) is 40.2 Å². The van der Waals surface area contributed by atoms with E-state index in [1.807, 2.05) is 92.4 Å². The Hall–Kier alpha value is -6.26. The van der Waals surface area contributed by atoms with Crippen molar-refractivity contribution >= 4 is 65.4 Å². The lowest BCUT2D eigenvalue weighted by Crippen LogP contribution is -2.30. The molecule has 258 valence electrons. The molecule has 4 heterocycles. The fourth-order valence-electron chi connectivity index (χ4n) is 7.73. The molecule has 0 aliphatic heterocycles. The standard InChI is InChI=1S/C25H22NO.C24H20NO/c1-15-5-8-19(17(3)11-15)22-13-24-21(14-26(22)4)25-20-9-6-16(2)12-18(20)7-10-23(25)27-24;1-15-8-10-19-17(12-15)9-11-22-24(19)20-14-25(3)21(13-23(20)26-22)18-7-5-4-6-16(18)2/h5-14H,1-4H3;4-14H,1-3H3/q2*+1/i1D3,2D3;1D3. The van der Waals surface area contributed by atoms with Gasteiger partial charge in [-0.15, -0.1) is 0 Å². The van der Waals surface area contributed by atoms with Gasteiger partial charge in [0.2, 0.25) is 11.4 Å². The fourth-order valence-corrected chi connectivity index (χ4v) is 7.73. The van der Waals surface area contributed by atoms with Gasteiger partial charge in [-0.3, -0.25) is 0 Å². The molecule has 0 radical (unpaired) electrons. The van der Waals surface area contributed by atoms with Gasteiger partial charge < -0.3 is 8.83 Å². The van der Waals surface area contributed by atoms with Crippen LogP contribution in [0.25, 0.3) is 87.9 Å². The summed E-state index contributed by atoms with van der Waals surface area (Å²) >= 11 is 0. The van der Waals surface area contributed by atoms with Crippen LogP contribution in [0.4, 0.5) is 0 Å². The van der Waals surface area contributed by atoms with Crippen molar-refractivity contribution in [1.29, 1.82) is 0 Å². The molecule has 10 rings (SSSR count).